The van der Waals surface area contributed by atoms with Crippen molar-refractivity contribution < 1.29 is 9.21 Å². The molecule has 154 valence electrons. The number of aromatic nitrogens is 4. The van der Waals surface area contributed by atoms with Gasteiger partial charge in [-0.25, -0.2) is 0 Å². The third kappa shape index (κ3) is 3.83. The van der Waals surface area contributed by atoms with E-state index in [1.807, 2.05) is 49.4 Å². The second-order valence-electron chi connectivity index (χ2n) is 6.87. The average Bonchev–Trinajstić information content (AvgIpc) is 3.51. The van der Waals surface area contributed by atoms with Crippen molar-refractivity contribution in [3.8, 4) is 21.9 Å². The van der Waals surface area contributed by atoms with Crippen LogP contribution in [0, 0.1) is 6.92 Å². The largest absolute Gasteiger partial charge is 0.451 e. The highest BCUT2D eigenvalue weighted by Crippen LogP contribution is 2.29. The van der Waals surface area contributed by atoms with Gasteiger partial charge in [0.05, 0.1) is 5.02 Å². The van der Waals surface area contributed by atoms with Gasteiger partial charge in [-0.15, -0.1) is 10.2 Å². The fourth-order valence-electron chi connectivity index (χ4n) is 3.13. The van der Waals surface area contributed by atoms with Gasteiger partial charge in [0.25, 0.3) is 5.91 Å². The van der Waals surface area contributed by atoms with Gasteiger partial charge in [0.2, 0.25) is 4.96 Å². The summed E-state index contributed by atoms with van der Waals surface area (Å²) in [4.78, 5) is 13.2. The van der Waals surface area contributed by atoms with Crippen LogP contribution in [0.1, 0.15) is 21.9 Å². The van der Waals surface area contributed by atoms with Crippen molar-refractivity contribution >= 4 is 33.8 Å². The maximum Gasteiger partial charge on any atom is 0.287 e. The highest BCUT2D eigenvalue weighted by Gasteiger charge is 2.14. The third-order valence-electron chi connectivity index (χ3n) is 4.77. The molecule has 9 heteroatoms. The fraction of sp³-hybridized carbons (Fsp3) is 0.0909. The molecule has 31 heavy (non-hydrogen) atoms. The summed E-state index contributed by atoms with van der Waals surface area (Å²) in [7, 11) is 0. The molecule has 0 saturated carbocycles. The SMILES string of the molecule is Cc1nnc2sc(-c3ccc(CNC(=O)c4ccc(-c5ccccc5Cl)o4)cc3)nn12. The fourth-order valence-corrected chi connectivity index (χ4v) is 4.25. The molecule has 0 aliphatic rings. The highest BCUT2D eigenvalue weighted by molar-refractivity contribution is 7.19. The van der Waals surface area contributed by atoms with E-state index in [0.717, 1.165) is 32.5 Å². The lowest BCUT2D eigenvalue weighted by Crippen LogP contribution is -2.22. The normalized spacial score (nSPS) is 11.2. The number of furan rings is 1. The summed E-state index contributed by atoms with van der Waals surface area (Å²) in [6.45, 7) is 2.25. The quantitative estimate of drug-likeness (QED) is 0.408. The van der Waals surface area contributed by atoms with Crippen LogP contribution in [0.15, 0.2) is 65.1 Å². The van der Waals surface area contributed by atoms with E-state index < -0.39 is 0 Å². The molecule has 1 amide bonds. The number of carbonyl (C=O) groups excluding carboxylic acids is 1. The molecule has 0 bridgehead atoms. The number of benzene rings is 2. The van der Waals surface area contributed by atoms with E-state index in [9.17, 15) is 4.79 Å². The van der Waals surface area contributed by atoms with Crippen molar-refractivity contribution in [2.24, 2.45) is 0 Å². The van der Waals surface area contributed by atoms with E-state index in [4.69, 9.17) is 16.0 Å². The third-order valence-corrected chi connectivity index (χ3v) is 6.05. The molecular weight excluding hydrogens is 434 g/mol. The van der Waals surface area contributed by atoms with Crippen LogP contribution in [0.3, 0.4) is 0 Å². The molecule has 0 atom stereocenters. The zero-order chi connectivity index (χ0) is 21.4. The van der Waals surface area contributed by atoms with Crippen molar-refractivity contribution in [2.45, 2.75) is 13.5 Å². The van der Waals surface area contributed by atoms with Gasteiger partial charge >= 0.3 is 0 Å². The average molecular weight is 450 g/mol. The van der Waals surface area contributed by atoms with Crippen LogP contribution in [0.25, 0.3) is 26.9 Å². The van der Waals surface area contributed by atoms with Crippen LogP contribution >= 0.6 is 22.9 Å². The van der Waals surface area contributed by atoms with Crippen molar-refractivity contribution in [1.82, 2.24) is 25.1 Å². The van der Waals surface area contributed by atoms with E-state index in [1.54, 1.807) is 22.7 Å². The first-order chi connectivity index (χ1) is 15.1. The first kappa shape index (κ1) is 19.5. The second-order valence-corrected chi connectivity index (χ2v) is 8.24. The molecule has 7 nitrogen and oxygen atoms in total. The Hall–Kier alpha value is -3.49. The molecule has 0 fully saturated rings. The molecule has 0 aliphatic heterocycles. The van der Waals surface area contributed by atoms with Gasteiger partial charge in [-0.05, 0) is 36.8 Å². The van der Waals surface area contributed by atoms with Crippen LogP contribution in [-0.2, 0) is 6.54 Å². The van der Waals surface area contributed by atoms with Crippen molar-refractivity contribution in [3.63, 3.8) is 0 Å². The molecule has 0 spiro atoms. The maximum atomic E-state index is 12.5. The lowest BCUT2D eigenvalue weighted by atomic mass is 10.1. The summed E-state index contributed by atoms with van der Waals surface area (Å²) in [5.74, 6) is 1.26. The zero-order valence-corrected chi connectivity index (χ0v) is 17.9. The van der Waals surface area contributed by atoms with E-state index in [1.165, 1.54) is 11.3 Å². The number of hydrogen-bond donors (Lipinski definition) is 1. The zero-order valence-electron chi connectivity index (χ0n) is 16.4. The Morgan fingerprint density at radius 2 is 1.90 bits per heavy atom. The highest BCUT2D eigenvalue weighted by atomic mass is 35.5. The number of hydrogen-bond acceptors (Lipinski definition) is 6. The summed E-state index contributed by atoms with van der Waals surface area (Å²) in [6.07, 6.45) is 0. The summed E-state index contributed by atoms with van der Waals surface area (Å²) in [5.41, 5.74) is 2.70. The van der Waals surface area contributed by atoms with E-state index in [0.29, 0.717) is 17.3 Å². The van der Waals surface area contributed by atoms with Crippen molar-refractivity contribution in [2.75, 3.05) is 0 Å². The Labute approximate surface area is 186 Å². The van der Waals surface area contributed by atoms with Gasteiger partial charge in [0.1, 0.15) is 10.8 Å². The Kier molecular flexibility index (Phi) is 5.01. The lowest BCUT2D eigenvalue weighted by molar-refractivity contribution is 0.0924. The Balaban J connectivity index is 1.25. The summed E-state index contributed by atoms with van der Waals surface area (Å²) < 4.78 is 7.42. The van der Waals surface area contributed by atoms with Crippen molar-refractivity contribution in [1.29, 1.82) is 0 Å². The van der Waals surface area contributed by atoms with Crippen LogP contribution in [0.2, 0.25) is 5.02 Å². The number of carbonyl (C=O) groups is 1. The van der Waals surface area contributed by atoms with Crippen LogP contribution in [-0.4, -0.2) is 25.7 Å². The number of nitrogens with one attached hydrogen (secondary N) is 1. The summed E-state index contributed by atoms with van der Waals surface area (Å²) in [6, 6.07) is 18.6. The summed E-state index contributed by atoms with van der Waals surface area (Å²) >= 11 is 7.68. The standard InChI is InChI=1S/C22H16ClN5O2S/c1-13-25-26-22-28(13)27-21(31-22)15-8-6-14(7-9-15)12-24-20(29)19-11-10-18(30-19)16-4-2-3-5-17(16)23/h2-11H,12H2,1H3,(H,24,29). The van der Waals surface area contributed by atoms with Gasteiger partial charge in [-0.3, -0.25) is 4.79 Å². The molecule has 5 rings (SSSR count). The van der Waals surface area contributed by atoms with Gasteiger partial charge in [-0.2, -0.15) is 9.61 Å². The first-order valence-corrected chi connectivity index (χ1v) is 10.7. The number of rotatable bonds is 5. The molecule has 0 saturated heterocycles. The van der Waals surface area contributed by atoms with Gasteiger partial charge < -0.3 is 9.73 Å². The second kappa shape index (κ2) is 7.98. The van der Waals surface area contributed by atoms with E-state index in [2.05, 4.69) is 20.6 Å². The molecule has 5 aromatic rings. The number of halogens is 1. The minimum Gasteiger partial charge on any atom is -0.451 e. The molecule has 3 aromatic heterocycles. The molecule has 2 aromatic carbocycles. The predicted molar refractivity (Wildman–Crippen MR) is 119 cm³/mol. The molecule has 3 heterocycles. The van der Waals surface area contributed by atoms with Gasteiger partial charge in [0, 0.05) is 17.7 Å². The number of amides is 1. The molecular formula is C22H16ClN5O2S. The molecule has 1 N–H and O–H groups in total. The molecule has 0 radical (unpaired) electrons. The van der Waals surface area contributed by atoms with E-state index >= 15 is 0 Å². The monoisotopic (exact) mass is 449 g/mol. The topological polar surface area (TPSA) is 85.3 Å². The van der Waals surface area contributed by atoms with E-state index in [-0.39, 0.29) is 11.7 Å². The van der Waals surface area contributed by atoms with Gasteiger partial charge in [-0.1, -0.05) is 59.3 Å². The lowest BCUT2D eigenvalue weighted by Gasteiger charge is -2.05. The molecule has 0 unspecified atom stereocenters. The number of nitrogens with zero attached hydrogens (tertiary/aromatic N) is 4. The van der Waals surface area contributed by atoms with Crippen LogP contribution in [0.5, 0.6) is 0 Å². The number of fused-ring (bicyclic) bond motifs is 1. The van der Waals surface area contributed by atoms with Crippen molar-refractivity contribution in [3.05, 3.63) is 82.8 Å². The minimum atomic E-state index is -0.286. The smallest absolute Gasteiger partial charge is 0.287 e. The summed E-state index contributed by atoms with van der Waals surface area (Å²) in [5, 5.41) is 16.9. The maximum absolute atomic E-state index is 12.5. The van der Waals surface area contributed by atoms with Gasteiger partial charge in [0.15, 0.2) is 11.6 Å². The Morgan fingerprint density at radius 3 is 2.68 bits per heavy atom. The first-order valence-electron chi connectivity index (χ1n) is 9.49. The Bertz CT molecular complexity index is 1390. The minimum absolute atomic E-state index is 0.238. The predicted octanol–water partition coefficient (Wildman–Crippen LogP) is 5.00. The number of aryl methyl sites for hydroxylation is 1. The van der Waals surface area contributed by atoms with Crippen LogP contribution in [0.4, 0.5) is 0 Å². The Morgan fingerprint density at radius 1 is 1.10 bits per heavy atom. The molecule has 0 aliphatic carbocycles. The van der Waals surface area contributed by atoms with Crippen LogP contribution < -0.4 is 5.32 Å².